The first-order valence-corrected chi connectivity index (χ1v) is 7.29. The largest absolute Gasteiger partial charge is 0.481 e. The Kier molecular flexibility index (Phi) is 5.00. The second-order valence-corrected chi connectivity index (χ2v) is 5.43. The summed E-state index contributed by atoms with van der Waals surface area (Å²) in [5.41, 5.74) is 0. The Morgan fingerprint density at radius 3 is 2.65 bits per heavy atom. The monoisotopic (exact) mass is 281 g/mol. The van der Waals surface area contributed by atoms with Crippen molar-refractivity contribution in [2.45, 2.75) is 38.3 Å². The minimum absolute atomic E-state index is 0.179. The summed E-state index contributed by atoms with van der Waals surface area (Å²) in [5.74, 6) is -1.32. The highest BCUT2D eigenvalue weighted by Crippen LogP contribution is 2.25. The first-order chi connectivity index (χ1) is 9.60. The molecular weight excluding hydrogens is 258 g/mol. The molecule has 0 aromatic heterocycles. The van der Waals surface area contributed by atoms with Gasteiger partial charge >= 0.3 is 12.0 Å². The van der Waals surface area contributed by atoms with Crippen molar-refractivity contribution in [3.8, 4) is 0 Å². The van der Waals surface area contributed by atoms with E-state index in [1.54, 1.807) is 12.2 Å². The molecule has 1 fully saturated rings. The lowest BCUT2D eigenvalue weighted by molar-refractivity contribution is -0.140. The maximum Gasteiger partial charge on any atom is 0.315 e. The molecule has 6 heteroatoms. The van der Waals surface area contributed by atoms with Gasteiger partial charge in [-0.25, -0.2) is 4.79 Å². The molecule has 2 amide bonds. The van der Waals surface area contributed by atoms with Gasteiger partial charge < -0.3 is 15.7 Å². The molecule has 0 aliphatic heterocycles. The predicted molar refractivity (Wildman–Crippen MR) is 75.5 cm³/mol. The van der Waals surface area contributed by atoms with E-state index < -0.39 is 11.9 Å². The van der Waals surface area contributed by atoms with Crippen LogP contribution in [0.4, 0.5) is 4.79 Å². The van der Waals surface area contributed by atoms with Crippen molar-refractivity contribution in [3.63, 3.8) is 0 Å². The van der Waals surface area contributed by atoms with Crippen molar-refractivity contribution >= 4 is 12.0 Å². The Labute approximate surface area is 119 Å². The molecule has 2 unspecified atom stereocenters. The molecule has 0 aromatic rings. The van der Waals surface area contributed by atoms with Crippen LogP contribution in [0.2, 0.25) is 0 Å². The van der Waals surface area contributed by atoms with Crippen LogP contribution in [0.5, 0.6) is 0 Å². The fourth-order valence-corrected chi connectivity index (χ4v) is 2.56. The maximum absolute atomic E-state index is 11.7. The fraction of sp³-hybridized carbons (Fsp3) is 0.714. The van der Waals surface area contributed by atoms with Gasteiger partial charge in [0.2, 0.25) is 0 Å². The summed E-state index contributed by atoms with van der Waals surface area (Å²) in [6.07, 6.45) is 6.36. The predicted octanol–water partition coefficient (Wildman–Crippen LogP) is 0.799. The van der Waals surface area contributed by atoms with Gasteiger partial charge in [-0.15, -0.1) is 0 Å². The quantitative estimate of drug-likeness (QED) is 0.603. The number of carbonyl (C=O) groups is 2. The lowest BCUT2D eigenvalue weighted by atomic mass is 10.1. The summed E-state index contributed by atoms with van der Waals surface area (Å²) in [5, 5.41) is 14.5. The zero-order valence-electron chi connectivity index (χ0n) is 11.8. The van der Waals surface area contributed by atoms with Crippen LogP contribution in [0.1, 0.15) is 26.2 Å². The number of nitrogens with one attached hydrogen (secondary N) is 2. The number of carboxylic acid groups (broad SMARTS) is 1. The molecule has 2 rings (SSSR count). The number of carbonyl (C=O) groups excluding carboxylic acids is 1. The molecule has 1 saturated carbocycles. The Hall–Kier alpha value is -1.56. The molecule has 3 N–H and O–H groups in total. The highest BCUT2D eigenvalue weighted by molar-refractivity contribution is 5.76. The van der Waals surface area contributed by atoms with Crippen LogP contribution in [-0.4, -0.2) is 53.7 Å². The summed E-state index contributed by atoms with van der Waals surface area (Å²) in [6.45, 7) is 4.63. The summed E-state index contributed by atoms with van der Waals surface area (Å²) >= 11 is 0. The molecule has 0 saturated heterocycles. The van der Waals surface area contributed by atoms with E-state index in [2.05, 4.69) is 22.5 Å². The van der Waals surface area contributed by atoms with E-state index in [-0.39, 0.29) is 12.1 Å². The van der Waals surface area contributed by atoms with Crippen molar-refractivity contribution in [2.75, 3.05) is 19.6 Å². The Morgan fingerprint density at radius 1 is 1.35 bits per heavy atom. The van der Waals surface area contributed by atoms with Gasteiger partial charge in [0.05, 0.1) is 12.0 Å². The second-order valence-electron chi connectivity index (χ2n) is 5.43. The summed E-state index contributed by atoms with van der Waals surface area (Å²) in [7, 11) is 0. The summed E-state index contributed by atoms with van der Waals surface area (Å²) < 4.78 is 0. The van der Waals surface area contributed by atoms with Gasteiger partial charge in [0.25, 0.3) is 0 Å². The molecule has 2 aliphatic rings. The van der Waals surface area contributed by atoms with E-state index in [1.807, 2.05) is 0 Å². The average Bonchev–Trinajstić information content (AvgIpc) is 3.14. The van der Waals surface area contributed by atoms with Crippen LogP contribution in [0.15, 0.2) is 12.2 Å². The number of carboxylic acids is 1. The van der Waals surface area contributed by atoms with Crippen LogP contribution in [0.3, 0.4) is 0 Å². The molecule has 0 aromatic carbocycles. The number of likely N-dealkylation sites (N-methyl/N-ethyl adjacent to an activating group) is 1. The molecule has 0 heterocycles. The third-order valence-electron chi connectivity index (χ3n) is 3.87. The molecule has 2 aliphatic carbocycles. The lowest BCUT2D eigenvalue weighted by Gasteiger charge is -2.20. The van der Waals surface area contributed by atoms with Crippen LogP contribution in [0.25, 0.3) is 0 Å². The van der Waals surface area contributed by atoms with Crippen LogP contribution < -0.4 is 10.6 Å². The topological polar surface area (TPSA) is 81.7 Å². The minimum atomic E-state index is -0.839. The molecule has 20 heavy (non-hydrogen) atoms. The Bertz CT molecular complexity index is 393. The minimum Gasteiger partial charge on any atom is -0.481 e. The first kappa shape index (κ1) is 14.8. The van der Waals surface area contributed by atoms with E-state index in [9.17, 15) is 9.59 Å². The Morgan fingerprint density at radius 2 is 2.10 bits per heavy atom. The first-order valence-electron chi connectivity index (χ1n) is 7.29. The zero-order chi connectivity index (χ0) is 14.5. The van der Waals surface area contributed by atoms with E-state index in [0.717, 1.165) is 13.1 Å². The van der Waals surface area contributed by atoms with Gasteiger partial charge in [-0.2, -0.15) is 0 Å². The number of hydrogen-bond donors (Lipinski definition) is 3. The number of urea groups is 1. The van der Waals surface area contributed by atoms with Gasteiger partial charge in [-0.3, -0.25) is 9.69 Å². The van der Waals surface area contributed by atoms with Crippen LogP contribution >= 0.6 is 0 Å². The second kappa shape index (κ2) is 6.74. The van der Waals surface area contributed by atoms with Crippen molar-refractivity contribution in [1.29, 1.82) is 0 Å². The number of amides is 2. The van der Waals surface area contributed by atoms with Gasteiger partial charge in [0.1, 0.15) is 0 Å². The smallest absolute Gasteiger partial charge is 0.315 e. The number of hydrogen-bond acceptors (Lipinski definition) is 3. The molecule has 112 valence electrons. The normalized spacial score (nSPS) is 24.9. The van der Waals surface area contributed by atoms with Crippen molar-refractivity contribution in [2.24, 2.45) is 5.92 Å². The third kappa shape index (κ3) is 4.23. The van der Waals surface area contributed by atoms with E-state index >= 15 is 0 Å². The average molecular weight is 281 g/mol. The van der Waals surface area contributed by atoms with E-state index in [0.29, 0.717) is 19.0 Å². The maximum atomic E-state index is 11.7. The summed E-state index contributed by atoms with van der Waals surface area (Å²) in [4.78, 5) is 24.9. The zero-order valence-corrected chi connectivity index (χ0v) is 11.8. The fourth-order valence-electron chi connectivity index (χ4n) is 2.56. The SMILES string of the molecule is CCN(CCNC(=O)NC1C=CC(C(=O)O)C1)C1CC1. The van der Waals surface area contributed by atoms with E-state index in [4.69, 9.17) is 5.11 Å². The van der Waals surface area contributed by atoms with Gasteiger partial charge in [0, 0.05) is 19.1 Å². The van der Waals surface area contributed by atoms with Crippen molar-refractivity contribution in [3.05, 3.63) is 12.2 Å². The highest BCUT2D eigenvalue weighted by atomic mass is 16.4. The molecule has 2 atom stereocenters. The van der Waals surface area contributed by atoms with Gasteiger partial charge in [-0.1, -0.05) is 19.1 Å². The standard InChI is InChI=1S/C14H23N3O3/c1-2-17(12-5-6-12)8-7-15-14(20)16-11-4-3-10(9-11)13(18)19/h3-4,10-12H,2,5-9H2,1H3,(H,18,19)(H2,15,16,20). The number of aliphatic carboxylic acids is 1. The Balaban J connectivity index is 1.61. The molecular formula is C14H23N3O3. The van der Waals surface area contributed by atoms with Crippen molar-refractivity contribution in [1.82, 2.24) is 15.5 Å². The molecule has 6 nitrogen and oxygen atoms in total. The van der Waals surface area contributed by atoms with E-state index in [1.165, 1.54) is 12.8 Å². The third-order valence-corrected chi connectivity index (χ3v) is 3.87. The number of nitrogens with zero attached hydrogens (tertiary/aromatic N) is 1. The number of rotatable bonds is 7. The van der Waals surface area contributed by atoms with Gasteiger partial charge in [-0.05, 0) is 25.8 Å². The van der Waals surface area contributed by atoms with Gasteiger partial charge in [0.15, 0.2) is 0 Å². The van der Waals surface area contributed by atoms with Crippen LogP contribution in [0, 0.1) is 5.92 Å². The summed E-state index contributed by atoms with van der Waals surface area (Å²) in [6, 6.07) is 0.304. The molecule has 0 spiro atoms. The van der Waals surface area contributed by atoms with Crippen molar-refractivity contribution < 1.29 is 14.7 Å². The molecule has 0 bridgehead atoms. The lowest BCUT2D eigenvalue weighted by Crippen LogP contribution is -2.44. The van der Waals surface area contributed by atoms with Crippen LogP contribution in [-0.2, 0) is 4.79 Å². The highest BCUT2D eigenvalue weighted by Gasteiger charge is 2.27. The molecule has 0 radical (unpaired) electrons.